The monoisotopic (exact) mass is 1530 g/mol. The van der Waals surface area contributed by atoms with Crippen LogP contribution in [0.25, 0.3) is 0 Å². The van der Waals surface area contributed by atoms with Crippen molar-refractivity contribution < 1.29 is 80.2 Å². The van der Waals surface area contributed by atoms with Crippen molar-refractivity contribution in [2.75, 3.05) is 39.6 Å². The SMILES string of the molecule is CC/C=C\C/C=C\C/C=C\C/C=C\C/C=C\C/C=C\CCC(=O)OCC(COP(=O)(O)OCC(O)COP(=O)(O)OCC(COC(=O)CCCCCCC/C=C\C/C=C\C/C=C\CC)OC(=O)CCCCCCCCCCCCCCCCC)OC(=O)CCCCCCCCC/C=C\C/C=C\C/C=C\CC. The summed E-state index contributed by atoms with van der Waals surface area (Å²) in [6.45, 7) is 4.45. The number of phosphoric acid groups is 2. The molecule has 3 N–H and O–H groups in total. The molecule has 5 unspecified atom stereocenters. The number of ether oxygens (including phenoxy) is 4. The van der Waals surface area contributed by atoms with Crippen LogP contribution in [-0.2, 0) is 65.4 Å². The normalized spacial score (nSPS) is 14.6. The van der Waals surface area contributed by atoms with Crippen LogP contribution in [0.5, 0.6) is 0 Å². The lowest BCUT2D eigenvalue weighted by Gasteiger charge is -2.21. The lowest BCUT2D eigenvalue weighted by Crippen LogP contribution is -2.30. The van der Waals surface area contributed by atoms with Crippen LogP contribution in [0.1, 0.15) is 323 Å². The summed E-state index contributed by atoms with van der Waals surface area (Å²) in [6.07, 6.45) is 89.7. The third-order valence-electron chi connectivity index (χ3n) is 16.8. The Morgan fingerprint density at radius 2 is 0.509 bits per heavy atom. The van der Waals surface area contributed by atoms with Crippen LogP contribution >= 0.6 is 15.6 Å². The zero-order valence-corrected chi connectivity index (χ0v) is 68.1. The Balaban J connectivity index is 5.45. The fourth-order valence-electron chi connectivity index (χ4n) is 10.7. The van der Waals surface area contributed by atoms with Crippen LogP contribution in [0.4, 0.5) is 0 Å². The molecule has 0 aromatic rings. The predicted octanol–water partition coefficient (Wildman–Crippen LogP) is 24.2. The third kappa shape index (κ3) is 77.1. The number of rotatable bonds is 76. The van der Waals surface area contributed by atoms with Crippen molar-refractivity contribution in [2.24, 2.45) is 0 Å². The molecule has 0 aliphatic heterocycles. The van der Waals surface area contributed by atoms with Gasteiger partial charge in [0.25, 0.3) is 0 Å². The minimum absolute atomic E-state index is 0.0301. The second kappa shape index (κ2) is 78.1. The highest BCUT2D eigenvalue weighted by Gasteiger charge is 2.30. The first kappa shape index (κ1) is 101. The maximum absolute atomic E-state index is 13.1. The minimum atomic E-state index is -5.00. The Labute approximate surface area is 643 Å². The van der Waals surface area contributed by atoms with Crippen LogP contribution < -0.4 is 0 Å². The molecule has 0 aliphatic rings. The standard InChI is InChI=1S/C87H146O17P2/c1-5-9-13-17-21-25-29-33-37-39-40-42-45-48-52-56-60-64-68-72-85(90)98-78-83(104-87(92)74-70-66-62-58-54-50-46-41-38-34-30-26-22-18-14-10-6-2)80-102-106(95,96)100-76-81(88)75-99-105(93,94)101-79-82(103-86(91)73-69-65-61-57-53-49-44-36-32-28-24-20-16-12-8-4)77-97-84(89)71-67-63-59-55-51-47-43-35-31-27-23-19-15-11-7-3/h9-11,13-15,21-23,25-27,33-35,37-38,40,42-43,48,52,60,64,81-83,88H,5-8,12,16-20,24,28-32,36,39,41,44-47,49-51,53-59,61-63,65-80H2,1-4H3,(H,93,94)(H,95,96)/b13-9-,14-10-,15-11-,25-21-,26-22-,27-23-,37-33-,38-34-,42-40-,43-35-,52-48-,64-60-. The number of carbonyl (C=O) groups excluding carboxylic acids is 4. The molecule has 0 radical (unpaired) electrons. The number of allylic oxidation sites excluding steroid dienone is 24. The van der Waals surface area contributed by atoms with Crippen molar-refractivity contribution in [3.63, 3.8) is 0 Å². The van der Waals surface area contributed by atoms with E-state index in [1.54, 1.807) is 0 Å². The molecule has 0 aromatic carbocycles. The molecule has 0 heterocycles. The average molecular weight is 1530 g/mol. The Hall–Kier alpha value is -5.06. The molecule has 0 amide bonds. The van der Waals surface area contributed by atoms with Gasteiger partial charge in [-0.1, -0.05) is 315 Å². The molecule has 0 saturated heterocycles. The van der Waals surface area contributed by atoms with Crippen molar-refractivity contribution in [2.45, 2.75) is 341 Å². The van der Waals surface area contributed by atoms with Gasteiger partial charge >= 0.3 is 39.5 Å². The van der Waals surface area contributed by atoms with Gasteiger partial charge in [-0.05, 0) is 128 Å². The van der Waals surface area contributed by atoms with E-state index in [-0.39, 0.29) is 25.7 Å². The zero-order valence-electron chi connectivity index (χ0n) is 66.3. The van der Waals surface area contributed by atoms with Crippen LogP contribution in [0.3, 0.4) is 0 Å². The van der Waals surface area contributed by atoms with Gasteiger partial charge in [-0.15, -0.1) is 0 Å². The highest BCUT2D eigenvalue weighted by Crippen LogP contribution is 2.45. The van der Waals surface area contributed by atoms with Gasteiger partial charge in [-0.2, -0.15) is 0 Å². The second-order valence-electron chi connectivity index (χ2n) is 26.9. The first-order valence-electron chi connectivity index (χ1n) is 41.1. The fourth-order valence-corrected chi connectivity index (χ4v) is 12.3. The largest absolute Gasteiger partial charge is 0.472 e. The van der Waals surface area contributed by atoms with E-state index in [1.807, 2.05) is 18.2 Å². The van der Waals surface area contributed by atoms with E-state index in [4.69, 9.17) is 37.0 Å². The molecule has 0 rings (SSSR count). The second-order valence-corrected chi connectivity index (χ2v) is 29.8. The maximum atomic E-state index is 13.1. The molecule has 0 saturated carbocycles. The molecule has 0 spiro atoms. The number of unbranched alkanes of at least 4 members (excludes halogenated alkanes) is 26. The summed E-state index contributed by atoms with van der Waals surface area (Å²) in [5.41, 5.74) is 0. The third-order valence-corrected chi connectivity index (χ3v) is 18.7. The molecule has 17 nitrogen and oxygen atoms in total. The Morgan fingerprint density at radius 3 is 0.811 bits per heavy atom. The van der Waals surface area contributed by atoms with Gasteiger partial charge < -0.3 is 33.8 Å². The summed E-state index contributed by atoms with van der Waals surface area (Å²) in [4.78, 5) is 73.1. The van der Waals surface area contributed by atoms with Gasteiger partial charge in [-0.3, -0.25) is 37.3 Å². The molecule has 0 aromatic heterocycles. The predicted molar refractivity (Wildman–Crippen MR) is 436 cm³/mol. The van der Waals surface area contributed by atoms with Gasteiger partial charge in [0.05, 0.1) is 26.4 Å². The van der Waals surface area contributed by atoms with Crippen LogP contribution in [0, 0.1) is 0 Å². The van der Waals surface area contributed by atoms with E-state index in [2.05, 4.69) is 155 Å². The highest BCUT2D eigenvalue weighted by molar-refractivity contribution is 7.47. The maximum Gasteiger partial charge on any atom is 0.472 e. The number of hydrogen-bond donors (Lipinski definition) is 3. The van der Waals surface area contributed by atoms with Crippen molar-refractivity contribution in [1.29, 1.82) is 0 Å². The minimum Gasteiger partial charge on any atom is -0.462 e. The fraction of sp³-hybridized carbons (Fsp3) is 0.678. The van der Waals surface area contributed by atoms with Gasteiger partial charge in [0.1, 0.15) is 19.3 Å². The Kier molecular flexibility index (Phi) is 74.3. The summed E-state index contributed by atoms with van der Waals surface area (Å²) < 4.78 is 68.6. The van der Waals surface area contributed by atoms with Gasteiger partial charge in [0.15, 0.2) is 12.2 Å². The lowest BCUT2D eigenvalue weighted by molar-refractivity contribution is -0.161. The number of aliphatic hydroxyl groups excluding tert-OH is 1. The quantitative estimate of drug-likeness (QED) is 0.0169. The van der Waals surface area contributed by atoms with Crippen molar-refractivity contribution >= 4 is 39.5 Å². The number of aliphatic hydroxyl groups is 1. The van der Waals surface area contributed by atoms with Gasteiger partial charge in [0, 0.05) is 25.7 Å². The molecule has 19 heteroatoms. The van der Waals surface area contributed by atoms with Crippen LogP contribution in [0.2, 0.25) is 0 Å². The van der Waals surface area contributed by atoms with E-state index in [9.17, 15) is 43.2 Å². The van der Waals surface area contributed by atoms with Gasteiger partial charge in [0.2, 0.25) is 0 Å². The summed E-state index contributed by atoms with van der Waals surface area (Å²) in [7, 11) is -9.99. The summed E-state index contributed by atoms with van der Waals surface area (Å²) >= 11 is 0. The molecular formula is C87H146O17P2. The first-order chi connectivity index (χ1) is 51.7. The topological polar surface area (TPSA) is 237 Å². The van der Waals surface area contributed by atoms with Crippen molar-refractivity contribution in [1.82, 2.24) is 0 Å². The number of esters is 4. The molecule has 5 atom stereocenters. The number of hydrogen-bond acceptors (Lipinski definition) is 15. The Morgan fingerprint density at radius 1 is 0.274 bits per heavy atom. The number of phosphoric ester groups is 2. The number of carbonyl (C=O) groups is 4. The van der Waals surface area contributed by atoms with Crippen molar-refractivity contribution in [3.05, 3.63) is 146 Å². The van der Waals surface area contributed by atoms with Crippen molar-refractivity contribution in [3.8, 4) is 0 Å². The highest BCUT2D eigenvalue weighted by atomic mass is 31.2. The molecule has 0 aliphatic carbocycles. The van der Waals surface area contributed by atoms with Gasteiger partial charge in [-0.25, -0.2) is 9.13 Å². The molecule has 106 heavy (non-hydrogen) atoms. The average Bonchev–Trinajstić information content (AvgIpc) is 0.902. The molecule has 0 bridgehead atoms. The van der Waals surface area contributed by atoms with E-state index >= 15 is 0 Å². The summed E-state index contributed by atoms with van der Waals surface area (Å²) in [6, 6.07) is 0. The van der Waals surface area contributed by atoms with E-state index in [0.29, 0.717) is 32.1 Å². The molecule has 0 fully saturated rings. The van der Waals surface area contributed by atoms with E-state index in [1.165, 1.54) is 64.2 Å². The summed E-state index contributed by atoms with van der Waals surface area (Å²) in [5, 5.41) is 10.7. The zero-order chi connectivity index (χ0) is 77.4. The first-order valence-corrected chi connectivity index (χ1v) is 44.1. The summed E-state index contributed by atoms with van der Waals surface area (Å²) in [5.74, 6) is -2.30. The van der Waals surface area contributed by atoms with E-state index < -0.39 is 97.5 Å². The lowest BCUT2D eigenvalue weighted by atomic mass is 10.0. The van der Waals surface area contributed by atoms with Crippen LogP contribution in [0.15, 0.2) is 146 Å². The smallest absolute Gasteiger partial charge is 0.462 e. The van der Waals surface area contributed by atoms with E-state index in [0.717, 1.165) is 173 Å². The molecule has 606 valence electrons. The molecular weight excluding hydrogens is 1380 g/mol. The van der Waals surface area contributed by atoms with Crippen LogP contribution in [-0.4, -0.2) is 96.7 Å². The Bertz CT molecular complexity index is 2580.